The molecule has 32 heavy (non-hydrogen) atoms. The van der Waals surface area contributed by atoms with E-state index in [1.54, 1.807) is 30.3 Å². The van der Waals surface area contributed by atoms with E-state index in [1.165, 1.54) is 10.4 Å². The number of halogens is 2. The van der Waals surface area contributed by atoms with Crippen LogP contribution in [0, 0.1) is 0 Å². The second-order valence-corrected chi connectivity index (χ2v) is 10.5. The molecule has 4 rings (SSSR count). The van der Waals surface area contributed by atoms with Gasteiger partial charge in [0.2, 0.25) is 10.0 Å². The van der Waals surface area contributed by atoms with Crippen LogP contribution in [0.1, 0.15) is 29.6 Å². The number of anilines is 2. The van der Waals surface area contributed by atoms with E-state index in [4.69, 9.17) is 27.9 Å². The zero-order valence-electron chi connectivity index (χ0n) is 17.5. The van der Waals surface area contributed by atoms with Gasteiger partial charge in [0.15, 0.2) is 0 Å². The number of hydrogen-bond acceptors (Lipinski definition) is 5. The fourth-order valence-corrected chi connectivity index (χ4v) is 5.81. The Labute approximate surface area is 198 Å². The van der Waals surface area contributed by atoms with E-state index in [1.807, 2.05) is 0 Å². The molecule has 0 unspecified atom stereocenters. The molecule has 1 N–H and O–H groups in total. The summed E-state index contributed by atoms with van der Waals surface area (Å²) in [5.41, 5.74) is 1.45. The van der Waals surface area contributed by atoms with E-state index in [0.717, 1.165) is 38.0 Å². The topological polar surface area (TPSA) is 79.0 Å². The molecule has 2 saturated heterocycles. The van der Waals surface area contributed by atoms with Gasteiger partial charge in [0.1, 0.15) is 0 Å². The number of nitrogens with one attached hydrogen (secondary N) is 1. The summed E-state index contributed by atoms with van der Waals surface area (Å²) in [4.78, 5) is 15.3. The van der Waals surface area contributed by atoms with Crippen LogP contribution >= 0.6 is 23.2 Å². The van der Waals surface area contributed by atoms with E-state index in [0.29, 0.717) is 32.0 Å². The largest absolute Gasteiger partial charge is 0.379 e. The third-order valence-corrected chi connectivity index (χ3v) is 8.43. The van der Waals surface area contributed by atoms with Gasteiger partial charge in [-0.3, -0.25) is 4.79 Å². The SMILES string of the molecule is O=C(Nc1cc(S(=O)(=O)N2CCOCC2)ccc1N1CCCCC1)c1cccc(Cl)c1Cl. The van der Waals surface area contributed by atoms with E-state index in [2.05, 4.69) is 10.2 Å². The molecular weight excluding hydrogens is 473 g/mol. The number of rotatable bonds is 5. The maximum absolute atomic E-state index is 13.2. The van der Waals surface area contributed by atoms with E-state index >= 15 is 0 Å². The predicted octanol–water partition coefficient (Wildman–Crippen LogP) is 4.26. The fourth-order valence-electron chi connectivity index (χ4n) is 3.99. The normalized spacial score (nSPS) is 17.9. The molecule has 0 saturated carbocycles. The summed E-state index contributed by atoms with van der Waals surface area (Å²) in [6.45, 7) is 3.02. The van der Waals surface area contributed by atoms with Crippen LogP contribution in [0.4, 0.5) is 11.4 Å². The lowest BCUT2D eigenvalue weighted by atomic mass is 10.1. The highest BCUT2D eigenvalue weighted by molar-refractivity contribution is 7.89. The number of morpholine rings is 1. The number of carbonyl (C=O) groups is 1. The van der Waals surface area contributed by atoms with Crippen molar-refractivity contribution in [2.75, 3.05) is 49.6 Å². The van der Waals surface area contributed by atoms with Gasteiger partial charge < -0.3 is 15.0 Å². The summed E-state index contributed by atoms with van der Waals surface area (Å²) >= 11 is 12.3. The van der Waals surface area contributed by atoms with Crippen molar-refractivity contribution < 1.29 is 17.9 Å². The fraction of sp³-hybridized carbons (Fsp3) is 0.409. The number of hydrogen-bond donors (Lipinski definition) is 1. The number of benzene rings is 2. The van der Waals surface area contributed by atoms with Crippen LogP contribution in [-0.4, -0.2) is 58.0 Å². The molecule has 2 aromatic rings. The highest BCUT2D eigenvalue weighted by atomic mass is 35.5. The summed E-state index contributed by atoms with van der Waals surface area (Å²) in [6, 6.07) is 9.75. The van der Waals surface area contributed by atoms with E-state index in [-0.39, 0.29) is 20.5 Å². The standard InChI is InChI=1S/C22H25Cl2N3O4S/c23-18-6-4-5-17(21(18)24)22(28)25-19-15-16(32(29,30)27-11-13-31-14-12-27)7-8-20(19)26-9-2-1-3-10-26/h4-8,15H,1-3,9-14H2,(H,25,28). The van der Waals surface area contributed by atoms with E-state index < -0.39 is 15.9 Å². The maximum atomic E-state index is 13.2. The average molecular weight is 498 g/mol. The lowest BCUT2D eigenvalue weighted by molar-refractivity contribution is 0.0730. The van der Waals surface area contributed by atoms with Crippen LogP contribution in [0.5, 0.6) is 0 Å². The highest BCUT2D eigenvalue weighted by Gasteiger charge is 2.28. The first kappa shape index (κ1) is 23.3. The zero-order chi connectivity index (χ0) is 22.7. The van der Waals surface area contributed by atoms with Crippen LogP contribution in [0.3, 0.4) is 0 Å². The minimum Gasteiger partial charge on any atom is -0.379 e. The Morgan fingerprint density at radius 1 is 0.969 bits per heavy atom. The van der Waals surface area contributed by atoms with Crippen LogP contribution in [0.25, 0.3) is 0 Å². The molecule has 2 aliphatic rings. The summed E-state index contributed by atoms with van der Waals surface area (Å²) in [6.07, 6.45) is 3.24. The molecule has 0 radical (unpaired) electrons. The van der Waals surface area contributed by atoms with Crippen LogP contribution in [-0.2, 0) is 14.8 Å². The summed E-state index contributed by atoms with van der Waals surface area (Å²) in [5, 5.41) is 3.31. The van der Waals surface area contributed by atoms with Crippen molar-refractivity contribution >= 4 is 50.5 Å². The number of nitrogens with zero attached hydrogens (tertiary/aromatic N) is 2. The van der Waals surface area contributed by atoms with Gasteiger partial charge in [-0.15, -0.1) is 0 Å². The predicted molar refractivity (Wildman–Crippen MR) is 126 cm³/mol. The lowest BCUT2D eigenvalue weighted by Gasteiger charge is -2.31. The molecule has 172 valence electrons. The van der Waals surface area contributed by atoms with Gasteiger partial charge >= 0.3 is 0 Å². The lowest BCUT2D eigenvalue weighted by Crippen LogP contribution is -2.40. The van der Waals surface area contributed by atoms with Crippen LogP contribution in [0.2, 0.25) is 10.0 Å². The molecule has 0 aliphatic carbocycles. The van der Waals surface area contributed by atoms with Crippen LogP contribution in [0.15, 0.2) is 41.3 Å². The van der Waals surface area contributed by atoms with Crippen molar-refractivity contribution in [1.29, 1.82) is 0 Å². The molecule has 10 heteroatoms. The smallest absolute Gasteiger partial charge is 0.257 e. The molecule has 2 heterocycles. The number of amides is 1. The van der Waals surface area contributed by atoms with Gasteiger partial charge in [-0.1, -0.05) is 29.3 Å². The van der Waals surface area contributed by atoms with E-state index in [9.17, 15) is 13.2 Å². The number of piperidine rings is 1. The number of ether oxygens (including phenoxy) is 1. The third kappa shape index (κ3) is 4.89. The highest BCUT2D eigenvalue weighted by Crippen LogP contribution is 2.33. The van der Waals surface area contributed by atoms with Crippen molar-refractivity contribution in [1.82, 2.24) is 4.31 Å². The van der Waals surface area contributed by atoms with Gasteiger partial charge in [0, 0.05) is 26.2 Å². The molecular formula is C22H25Cl2N3O4S. The zero-order valence-corrected chi connectivity index (χ0v) is 19.8. The Balaban J connectivity index is 1.70. The molecule has 2 aliphatic heterocycles. The van der Waals surface area contributed by atoms with Gasteiger partial charge in [-0.25, -0.2) is 8.42 Å². The average Bonchev–Trinajstić information content (AvgIpc) is 2.82. The van der Waals surface area contributed by atoms with Gasteiger partial charge in [-0.05, 0) is 49.6 Å². The van der Waals surface area contributed by atoms with Crippen molar-refractivity contribution in [3.63, 3.8) is 0 Å². The Morgan fingerprint density at radius 3 is 2.41 bits per heavy atom. The molecule has 0 aromatic heterocycles. The second-order valence-electron chi connectivity index (χ2n) is 7.80. The Kier molecular flexibility index (Phi) is 7.27. The summed E-state index contributed by atoms with van der Waals surface area (Å²) in [7, 11) is -3.71. The first-order chi connectivity index (χ1) is 15.4. The quantitative estimate of drug-likeness (QED) is 0.667. The van der Waals surface area contributed by atoms with Crippen molar-refractivity contribution in [3.8, 4) is 0 Å². The summed E-state index contributed by atoms with van der Waals surface area (Å²) in [5.74, 6) is -0.448. The molecule has 0 bridgehead atoms. The second kappa shape index (κ2) is 9.97. The number of carbonyl (C=O) groups excluding carboxylic acids is 1. The van der Waals surface area contributed by atoms with Gasteiger partial charge in [0.05, 0.1) is 45.1 Å². The van der Waals surface area contributed by atoms with Crippen molar-refractivity contribution in [2.24, 2.45) is 0 Å². The Hall–Kier alpha value is -1.84. The number of sulfonamides is 1. The monoisotopic (exact) mass is 497 g/mol. The maximum Gasteiger partial charge on any atom is 0.257 e. The first-order valence-corrected chi connectivity index (χ1v) is 12.8. The van der Waals surface area contributed by atoms with Crippen molar-refractivity contribution in [3.05, 3.63) is 52.0 Å². The van der Waals surface area contributed by atoms with Crippen molar-refractivity contribution in [2.45, 2.75) is 24.2 Å². The van der Waals surface area contributed by atoms with Gasteiger partial charge in [0.25, 0.3) is 5.91 Å². The Bertz CT molecular complexity index is 1100. The molecule has 2 fully saturated rings. The molecule has 1 amide bonds. The summed E-state index contributed by atoms with van der Waals surface area (Å²) < 4.78 is 33.1. The van der Waals surface area contributed by atoms with Crippen LogP contribution < -0.4 is 10.2 Å². The molecule has 0 spiro atoms. The molecule has 7 nitrogen and oxygen atoms in total. The Morgan fingerprint density at radius 2 is 1.69 bits per heavy atom. The minimum absolute atomic E-state index is 0.132. The third-order valence-electron chi connectivity index (χ3n) is 5.72. The first-order valence-electron chi connectivity index (χ1n) is 10.6. The molecule has 2 aromatic carbocycles. The molecule has 0 atom stereocenters. The van der Waals surface area contributed by atoms with Gasteiger partial charge in [-0.2, -0.15) is 4.31 Å². The minimum atomic E-state index is -3.71.